The molecular formula is C20H17N5O3S. The van der Waals surface area contributed by atoms with Gasteiger partial charge >= 0.3 is 0 Å². The molecule has 8 nitrogen and oxygen atoms in total. The number of anilines is 2. The molecule has 1 amide bonds. The summed E-state index contributed by atoms with van der Waals surface area (Å²) in [4.78, 5) is 20.4. The van der Waals surface area contributed by atoms with Crippen LogP contribution in [0.15, 0.2) is 59.5 Å². The highest BCUT2D eigenvalue weighted by Gasteiger charge is 2.16. The monoisotopic (exact) mass is 407 g/mol. The van der Waals surface area contributed by atoms with Crippen LogP contribution in [0.25, 0.3) is 0 Å². The van der Waals surface area contributed by atoms with Gasteiger partial charge in [-0.25, -0.2) is 23.1 Å². The predicted octanol–water partition coefficient (Wildman–Crippen LogP) is 3.02. The Balaban J connectivity index is 1.73. The van der Waals surface area contributed by atoms with Crippen molar-refractivity contribution in [2.45, 2.75) is 18.7 Å². The smallest absolute Gasteiger partial charge is 0.264 e. The van der Waals surface area contributed by atoms with Crippen LogP contribution in [0.4, 0.5) is 11.6 Å². The van der Waals surface area contributed by atoms with E-state index in [1.165, 1.54) is 24.3 Å². The Morgan fingerprint density at radius 2 is 1.55 bits per heavy atom. The van der Waals surface area contributed by atoms with E-state index in [0.717, 1.165) is 0 Å². The number of aromatic nitrogens is 2. The fourth-order valence-electron chi connectivity index (χ4n) is 2.57. The summed E-state index contributed by atoms with van der Waals surface area (Å²) in [6, 6.07) is 15.6. The third-order valence-electron chi connectivity index (χ3n) is 3.91. The normalized spacial score (nSPS) is 10.8. The number of amides is 1. The molecule has 3 rings (SSSR count). The molecule has 1 aromatic heterocycles. The fraction of sp³-hybridized carbons (Fsp3) is 0.100. The number of nitrogens with zero attached hydrogens (tertiary/aromatic N) is 3. The fourth-order valence-corrected chi connectivity index (χ4v) is 3.51. The zero-order valence-corrected chi connectivity index (χ0v) is 16.5. The number of nitrogens with one attached hydrogen (secondary N) is 2. The van der Waals surface area contributed by atoms with Crippen molar-refractivity contribution in [2.24, 2.45) is 0 Å². The van der Waals surface area contributed by atoms with E-state index in [2.05, 4.69) is 20.0 Å². The lowest BCUT2D eigenvalue weighted by Crippen LogP contribution is -2.16. The summed E-state index contributed by atoms with van der Waals surface area (Å²) in [6.45, 7) is 3.50. The molecule has 0 saturated heterocycles. The van der Waals surface area contributed by atoms with Gasteiger partial charge in [0, 0.05) is 22.6 Å². The maximum absolute atomic E-state index is 12.5. The van der Waals surface area contributed by atoms with Crippen molar-refractivity contribution in [1.82, 2.24) is 9.97 Å². The molecule has 3 aromatic rings. The Morgan fingerprint density at radius 3 is 2.10 bits per heavy atom. The van der Waals surface area contributed by atoms with E-state index >= 15 is 0 Å². The molecule has 9 heteroatoms. The highest BCUT2D eigenvalue weighted by molar-refractivity contribution is 7.92. The minimum absolute atomic E-state index is 0.000644. The first-order valence-corrected chi connectivity index (χ1v) is 10.0. The Hall–Kier alpha value is -3.77. The van der Waals surface area contributed by atoms with Crippen LogP contribution < -0.4 is 10.0 Å². The molecule has 29 heavy (non-hydrogen) atoms. The second-order valence-electron chi connectivity index (χ2n) is 6.25. The minimum atomic E-state index is -3.87. The largest absolute Gasteiger partial charge is 0.322 e. The van der Waals surface area contributed by atoms with Crippen LogP contribution in [0.3, 0.4) is 0 Å². The minimum Gasteiger partial charge on any atom is -0.322 e. The topological polar surface area (TPSA) is 125 Å². The van der Waals surface area contributed by atoms with Crippen molar-refractivity contribution in [2.75, 3.05) is 10.0 Å². The first-order valence-electron chi connectivity index (χ1n) is 8.53. The number of nitriles is 1. The quantitative estimate of drug-likeness (QED) is 0.670. The van der Waals surface area contributed by atoms with Gasteiger partial charge in [0.2, 0.25) is 5.95 Å². The molecule has 0 bridgehead atoms. The lowest BCUT2D eigenvalue weighted by molar-refractivity contribution is 0.102. The number of sulfonamides is 1. The van der Waals surface area contributed by atoms with E-state index in [1.54, 1.807) is 44.2 Å². The molecule has 0 unspecified atom stereocenters. The van der Waals surface area contributed by atoms with Crippen molar-refractivity contribution in [1.29, 1.82) is 5.26 Å². The standard InChI is InChI=1S/C20H17N5O3S/c1-13-11-14(2)23-20(22-13)25-29(27,28)18-9-7-17(8-10-18)24-19(26)16-5-3-15(12-21)4-6-16/h3-11H,1-2H3,(H,24,26)(H,22,23,25). The van der Waals surface area contributed by atoms with Gasteiger partial charge in [0.25, 0.3) is 15.9 Å². The third kappa shape index (κ3) is 4.94. The maximum atomic E-state index is 12.5. The van der Waals surface area contributed by atoms with E-state index in [1.807, 2.05) is 6.07 Å². The predicted molar refractivity (Wildman–Crippen MR) is 108 cm³/mol. The summed E-state index contributed by atoms with van der Waals surface area (Å²) in [6.07, 6.45) is 0. The van der Waals surface area contributed by atoms with Gasteiger partial charge in [0.05, 0.1) is 16.5 Å². The molecule has 0 fully saturated rings. The first-order chi connectivity index (χ1) is 13.8. The van der Waals surface area contributed by atoms with Crippen molar-refractivity contribution in [3.8, 4) is 6.07 Å². The Kier molecular flexibility index (Phi) is 5.57. The van der Waals surface area contributed by atoms with Gasteiger partial charge in [-0.3, -0.25) is 4.79 Å². The summed E-state index contributed by atoms with van der Waals surface area (Å²) in [5, 5.41) is 11.5. The van der Waals surface area contributed by atoms with Gasteiger partial charge < -0.3 is 5.32 Å². The molecule has 146 valence electrons. The van der Waals surface area contributed by atoms with E-state index in [9.17, 15) is 13.2 Å². The highest BCUT2D eigenvalue weighted by atomic mass is 32.2. The Morgan fingerprint density at radius 1 is 0.966 bits per heavy atom. The molecular weight excluding hydrogens is 390 g/mol. The lowest BCUT2D eigenvalue weighted by Gasteiger charge is -2.09. The van der Waals surface area contributed by atoms with E-state index in [4.69, 9.17) is 5.26 Å². The average Bonchev–Trinajstić information content (AvgIpc) is 2.67. The molecule has 2 N–H and O–H groups in total. The van der Waals surface area contributed by atoms with Gasteiger partial charge in [0.15, 0.2) is 0 Å². The van der Waals surface area contributed by atoms with Crippen LogP contribution in [0.2, 0.25) is 0 Å². The zero-order chi connectivity index (χ0) is 21.0. The van der Waals surface area contributed by atoms with Crippen LogP contribution in [-0.2, 0) is 10.0 Å². The van der Waals surface area contributed by atoms with Crippen LogP contribution >= 0.6 is 0 Å². The molecule has 0 aliphatic carbocycles. The van der Waals surface area contributed by atoms with Crippen LogP contribution in [0.1, 0.15) is 27.3 Å². The van der Waals surface area contributed by atoms with Crippen molar-refractivity contribution >= 4 is 27.6 Å². The van der Waals surface area contributed by atoms with Gasteiger partial charge in [-0.05, 0) is 68.4 Å². The summed E-state index contributed by atoms with van der Waals surface area (Å²) < 4.78 is 27.4. The maximum Gasteiger partial charge on any atom is 0.264 e. The van der Waals surface area contributed by atoms with Crippen molar-refractivity contribution < 1.29 is 13.2 Å². The Bertz CT molecular complexity index is 1180. The summed E-state index contributed by atoms with van der Waals surface area (Å²) in [5.41, 5.74) is 2.57. The molecule has 0 spiro atoms. The van der Waals surface area contributed by atoms with E-state index in [-0.39, 0.29) is 16.8 Å². The van der Waals surface area contributed by atoms with Crippen LogP contribution in [-0.4, -0.2) is 24.3 Å². The number of carbonyl (C=O) groups is 1. The molecule has 0 atom stereocenters. The SMILES string of the molecule is Cc1cc(C)nc(NS(=O)(=O)c2ccc(NC(=O)c3ccc(C#N)cc3)cc2)n1. The molecule has 0 aliphatic rings. The van der Waals surface area contributed by atoms with E-state index < -0.39 is 10.0 Å². The Labute approximate surface area is 168 Å². The number of rotatable bonds is 5. The van der Waals surface area contributed by atoms with Crippen molar-refractivity contribution in [3.05, 3.63) is 77.1 Å². The van der Waals surface area contributed by atoms with Crippen LogP contribution in [0, 0.1) is 25.2 Å². The first kappa shape index (κ1) is 20.0. The second-order valence-corrected chi connectivity index (χ2v) is 7.93. The number of hydrogen-bond acceptors (Lipinski definition) is 6. The lowest BCUT2D eigenvalue weighted by atomic mass is 10.1. The third-order valence-corrected chi connectivity index (χ3v) is 5.25. The van der Waals surface area contributed by atoms with Crippen molar-refractivity contribution in [3.63, 3.8) is 0 Å². The van der Waals surface area contributed by atoms with Gasteiger partial charge in [-0.1, -0.05) is 0 Å². The summed E-state index contributed by atoms with van der Waals surface area (Å²) in [5.74, 6) is -0.368. The number of aryl methyl sites for hydroxylation is 2. The number of hydrogen-bond donors (Lipinski definition) is 2. The van der Waals surface area contributed by atoms with Crippen LogP contribution in [0.5, 0.6) is 0 Å². The van der Waals surface area contributed by atoms with E-state index in [0.29, 0.717) is 28.2 Å². The molecule has 1 heterocycles. The van der Waals surface area contributed by atoms with Gasteiger partial charge in [0.1, 0.15) is 0 Å². The zero-order valence-electron chi connectivity index (χ0n) is 15.7. The molecule has 2 aromatic carbocycles. The molecule has 0 saturated carbocycles. The number of benzene rings is 2. The van der Waals surface area contributed by atoms with Gasteiger partial charge in [-0.15, -0.1) is 0 Å². The summed E-state index contributed by atoms with van der Waals surface area (Å²) in [7, 11) is -3.87. The second kappa shape index (κ2) is 8.08. The molecule has 0 radical (unpaired) electrons. The highest BCUT2D eigenvalue weighted by Crippen LogP contribution is 2.18. The number of carbonyl (C=O) groups excluding carboxylic acids is 1. The van der Waals surface area contributed by atoms with Gasteiger partial charge in [-0.2, -0.15) is 5.26 Å². The summed E-state index contributed by atoms with van der Waals surface area (Å²) >= 11 is 0. The molecule has 0 aliphatic heterocycles. The average molecular weight is 407 g/mol.